The van der Waals surface area contributed by atoms with Crippen molar-refractivity contribution in [1.29, 1.82) is 0 Å². The highest BCUT2D eigenvalue weighted by molar-refractivity contribution is 5.01. The number of fused-ring (bicyclic) bond motifs is 3. The van der Waals surface area contributed by atoms with Gasteiger partial charge >= 0.3 is 0 Å². The van der Waals surface area contributed by atoms with Crippen molar-refractivity contribution >= 4 is 0 Å². The van der Waals surface area contributed by atoms with Gasteiger partial charge in [-0.15, -0.1) is 0 Å². The summed E-state index contributed by atoms with van der Waals surface area (Å²) in [6.07, 6.45) is 162. The molecule has 5 aliphatic heterocycles. The number of unbranched alkanes of at least 4 members (excludes halogenated alkanes) is 54. The minimum atomic E-state index is -0.314. The molecule has 136 heavy (non-hydrogen) atoms. The number of hydrogen-bond donors (Lipinski definition) is 0. The lowest BCUT2D eigenvalue weighted by Gasteiger charge is -2.30. The van der Waals surface area contributed by atoms with E-state index in [2.05, 4.69) is 218 Å². The van der Waals surface area contributed by atoms with Gasteiger partial charge in [0.05, 0.1) is 24.4 Å². The van der Waals surface area contributed by atoms with Crippen LogP contribution in [-0.4, -0.2) is 104 Å². The Labute approximate surface area is 847 Å². The van der Waals surface area contributed by atoms with Gasteiger partial charge in [-0.1, -0.05) is 425 Å². The molecule has 0 amide bonds. The summed E-state index contributed by atoms with van der Waals surface area (Å²) in [6.45, 7) is 20.2. The molecule has 0 spiro atoms. The third-order valence-corrected chi connectivity index (χ3v) is 29.5. The molecular weight excluding hydrogens is 1660 g/mol. The number of likely N-dealkylation sites (N-methyl/N-ethyl adjacent to an activating group) is 2. The van der Waals surface area contributed by atoms with E-state index in [4.69, 9.17) is 28.4 Å². The van der Waals surface area contributed by atoms with Crippen LogP contribution >= 0.6 is 0 Å². The Kier molecular flexibility index (Phi) is 84.0. The van der Waals surface area contributed by atoms with Crippen LogP contribution in [0.5, 0.6) is 0 Å². The smallest absolute Gasteiger partial charge is 0.169 e. The SMILES string of the molecule is CCCCC/C=C\C/C=C\CCCCCCCCC1(CCCCCCCC/C=C\C/C=C\CCCCC)O[C@H]2CC(C)C[C@H]2O1.CCCCC/C=C\C/C=C\CCCCCCCCC1(CCCCCCCC/C=C\C/C=C\CCCCC)O[C@H]2CN(C)CC[C@H]2O1.CCCCC/C=C\C/C=C\CCCCCCCCC1(CCCCCCCC/C=C\C/C=C\CCCCC)O[C@H]2CN(C)C[C@H]2O1. The van der Waals surface area contributed by atoms with Crippen molar-refractivity contribution in [3.05, 3.63) is 146 Å². The van der Waals surface area contributed by atoms with Gasteiger partial charge in [-0.3, -0.25) is 0 Å². The van der Waals surface area contributed by atoms with E-state index in [-0.39, 0.29) is 35.7 Å². The zero-order valence-electron chi connectivity index (χ0n) is 91.8. The highest BCUT2D eigenvalue weighted by atomic mass is 16.8. The highest BCUT2D eigenvalue weighted by Crippen LogP contribution is 2.47. The fourth-order valence-corrected chi connectivity index (χ4v) is 21.0. The largest absolute Gasteiger partial charge is 0.344 e. The van der Waals surface area contributed by atoms with Crippen LogP contribution in [-0.2, 0) is 28.4 Å². The maximum atomic E-state index is 6.78. The number of likely N-dealkylation sites (tertiary alicyclic amines) is 2. The monoisotopic (exact) mass is 1890 g/mol. The second-order valence-corrected chi connectivity index (χ2v) is 43.0. The lowest BCUT2D eigenvalue weighted by atomic mass is 9.98. The topological polar surface area (TPSA) is 61.9 Å². The lowest BCUT2D eigenvalue weighted by molar-refractivity contribution is -0.193. The first-order valence-electron chi connectivity index (χ1n) is 60.3. The minimum Gasteiger partial charge on any atom is -0.344 e. The van der Waals surface area contributed by atoms with Crippen molar-refractivity contribution in [3.8, 4) is 0 Å². The molecule has 6 aliphatic rings. The summed E-state index contributed by atoms with van der Waals surface area (Å²) < 4.78 is 40.5. The quantitative estimate of drug-likeness (QED) is 0.0441. The predicted octanol–water partition coefficient (Wildman–Crippen LogP) is 40.3. The molecule has 7 atom stereocenters. The first kappa shape index (κ1) is 125. The number of rotatable bonds is 90. The number of piperidine rings is 1. The van der Waals surface area contributed by atoms with E-state index in [1.165, 1.54) is 437 Å². The first-order chi connectivity index (χ1) is 67.1. The highest BCUT2D eigenvalue weighted by Gasteiger charge is 2.52. The lowest BCUT2D eigenvalue weighted by Crippen LogP contribution is -2.43. The average Bonchev–Trinajstić information content (AvgIpc) is 1.65. The van der Waals surface area contributed by atoms with E-state index < -0.39 is 0 Å². The van der Waals surface area contributed by atoms with Gasteiger partial charge in [-0.05, 0) is 270 Å². The van der Waals surface area contributed by atoms with Crippen LogP contribution in [0.25, 0.3) is 0 Å². The van der Waals surface area contributed by atoms with Crippen molar-refractivity contribution in [2.24, 2.45) is 5.92 Å². The minimum absolute atomic E-state index is 0.271. The second-order valence-electron chi connectivity index (χ2n) is 43.0. The van der Waals surface area contributed by atoms with Crippen molar-refractivity contribution in [2.45, 2.75) is 623 Å². The molecule has 786 valence electrons. The van der Waals surface area contributed by atoms with Gasteiger partial charge in [0.2, 0.25) is 0 Å². The first-order valence-corrected chi connectivity index (χ1v) is 60.3. The zero-order chi connectivity index (χ0) is 97.0. The van der Waals surface area contributed by atoms with E-state index in [0.717, 1.165) is 116 Å². The van der Waals surface area contributed by atoms with Gasteiger partial charge in [0.25, 0.3) is 0 Å². The number of ether oxygens (including phenoxy) is 6. The van der Waals surface area contributed by atoms with Crippen LogP contribution in [0.15, 0.2) is 146 Å². The molecule has 8 heteroatoms. The third-order valence-electron chi connectivity index (χ3n) is 29.5. The van der Waals surface area contributed by atoms with Crippen LogP contribution in [0, 0.1) is 5.92 Å². The molecule has 0 aromatic heterocycles. The van der Waals surface area contributed by atoms with Gasteiger partial charge < -0.3 is 38.2 Å². The molecule has 5 saturated heterocycles. The predicted molar refractivity (Wildman–Crippen MR) is 599 cm³/mol. The van der Waals surface area contributed by atoms with E-state index in [0.29, 0.717) is 18.3 Å². The molecule has 1 saturated carbocycles. The Hall–Kier alpha value is -3.44. The molecule has 0 aromatic carbocycles. The van der Waals surface area contributed by atoms with Crippen LogP contribution < -0.4 is 0 Å². The molecule has 5 heterocycles. The second kappa shape index (κ2) is 91.5. The molecule has 1 unspecified atom stereocenters. The number of allylic oxidation sites excluding steroid dienone is 24. The normalized spacial score (nSPS) is 20.7. The van der Waals surface area contributed by atoms with E-state index in [9.17, 15) is 0 Å². The molecule has 6 rings (SSSR count). The van der Waals surface area contributed by atoms with Gasteiger partial charge in [0, 0.05) is 64.7 Å². The maximum Gasteiger partial charge on any atom is 0.169 e. The van der Waals surface area contributed by atoms with Crippen LogP contribution in [0.4, 0.5) is 0 Å². The fraction of sp³-hybridized carbons (Fsp3) is 0.812. The van der Waals surface area contributed by atoms with Crippen molar-refractivity contribution < 1.29 is 28.4 Å². The molecule has 6 fully saturated rings. The molecule has 0 N–H and O–H groups in total. The zero-order valence-corrected chi connectivity index (χ0v) is 91.8. The summed E-state index contributed by atoms with van der Waals surface area (Å²) in [5.74, 6) is -0.145. The third kappa shape index (κ3) is 69.5. The van der Waals surface area contributed by atoms with Crippen LogP contribution in [0.1, 0.15) is 569 Å². The summed E-state index contributed by atoms with van der Waals surface area (Å²) in [6, 6.07) is 0. The van der Waals surface area contributed by atoms with E-state index >= 15 is 0 Å². The molecule has 8 nitrogen and oxygen atoms in total. The van der Waals surface area contributed by atoms with E-state index in [1.807, 2.05) is 0 Å². The van der Waals surface area contributed by atoms with Crippen molar-refractivity contribution in [2.75, 3.05) is 40.3 Å². The Morgan fingerprint density at radius 2 is 0.353 bits per heavy atom. The number of nitrogens with zero attached hydrogens (tertiary/aromatic N) is 2. The molecule has 0 bridgehead atoms. The maximum absolute atomic E-state index is 6.78. The summed E-state index contributed by atoms with van der Waals surface area (Å²) in [7, 11) is 4.42. The Bertz CT molecular complexity index is 2680. The van der Waals surface area contributed by atoms with Gasteiger partial charge in [-0.2, -0.15) is 0 Å². The summed E-state index contributed by atoms with van der Waals surface area (Å²) in [5.41, 5.74) is 0. The average molecular weight is 1890 g/mol. The summed E-state index contributed by atoms with van der Waals surface area (Å²) >= 11 is 0. The number of hydrogen-bond acceptors (Lipinski definition) is 8. The van der Waals surface area contributed by atoms with Crippen LogP contribution in [0.3, 0.4) is 0 Å². The van der Waals surface area contributed by atoms with Gasteiger partial charge in [0.1, 0.15) is 12.2 Å². The van der Waals surface area contributed by atoms with Gasteiger partial charge in [-0.25, -0.2) is 0 Å². The molecule has 0 radical (unpaired) electrons. The Morgan fingerprint density at radius 1 is 0.191 bits per heavy atom. The Balaban J connectivity index is 0.000000426. The van der Waals surface area contributed by atoms with Crippen molar-refractivity contribution in [3.63, 3.8) is 0 Å². The van der Waals surface area contributed by atoms with E-state index in [1.54, 1.807) is 0 Å². The summed E-state index contributed by atoms with van der Waals surface area (Å²) in [4.78, 5) is 4.78. The Morgan fingerprint density at radius 3 is 0.559 bits per heavy atom. The summed E-state index contributed by atoms with van der Waals surface area (Å²) in [5, 5.41) is 0. The van der Waals surface area contributed by atoms with Crippen LogP contribution in [0.2, 0.25) is 0 Å². The standard InChI is InChI=1S/C43H77NO2.C43H76O2.C42H75NO2/c1-4-6-8-10-12-14-16-18-20-22-24-26-28-30-32-34-37-43(45-41-36-39-44(3)40-42(41)46-43)38-35-33-31-29-27-25-23-21-19-17-15-13-11-9-7-5-2;1-4-6-8-10-12-14-16-18-20-22-24-26-28-30-32-34-36-43(44-41-38-40(3)39-42(41)45-43)37-35-33-31-29-27-25-23-21-19-17-15-13-11-9-7-5-2;1-4-6-8-10-12-14-16-18-20-22-24-26-28-30-32-34-36-42(44-40-38-43(3)39-41(40)45-42)37-35-33-31-29-27-25-23-21-19-17-15-13-11-9-7-5-2/h12-15,18-21,41-42H,4-11,16-17,22-40H2,1-3H3;12-15,18-21,40-42H,4-11,16-17,22-39H2,1-3H3;12-15,18-21,40-41H,4-11,16-17,22-39H2,1-3H3/b3*14-12-,15-13-,20-18-,21-19-/t41-,42+;40?,41-,42+;40-,41+/m1../s1. The van der Waals surface area contributed by atoms with Crippen molar-refractivity contribution in [1.82, 2.24) is 9.80 Å². The molecule has 0 aromatic rings. The fourth-order valence-electron chi connectivity index (χ4n) is 21.0. The molecular formula is C128H228N2O6. The van der Waals surface area contributed by atoms with Gasteiger partial charge in [0.15, 0.2) is 17.4 Å². The molecule has 1 aliphatic carbocycles.